The van der Waals surface area contributed by atoms with Gasteiger partial charge in [0, 0.05) is 6.42 Å². The number of rotatable bonds is 8. The number of amides is 1. The predicted molar refractivity (Wildman–Crippen MR) is 71.4 cm³/mol. The maximum atomic E-state index is 9.59. The fraction of sp³-hybridized carbons (Fsp3) is 0.923. The molecule has 0 unspecified atom stereocenters. The molecule has 0 aliphatic rings. The Bertz CT molecular complexity index is 119. The highest BCUT2D eigenvalue weighted by atomic mass is 16.1. The molecule has 3 heteroatoms. The van der Waals surface area contributed by atoms with Gasteiger partial charge in [-0.05, 0) is 0 Å². The summed E-state index contributed by atoms with van der Waals surface area (Å²) in [6, 6.07) is 0. The van der Waals surface area contributed by atoms with E-state index in [0.29, 0.717) is 6.42 Å². The van der Waals surface area contributed by atoms with Crippen molar-refractivity contribution in [2.75, 3.05) is 0 Å². The lowest BCUT2D eigenvalue weighted by Gasteiger charge is -1.97. The molecule has 0 aliphatic heterocycles. The van der Waals surface area contributed by atoms with Gasteiger partial charge >= 0.3 is 0 Å². The first kappa shape index (κ1) is 20.8. The Morgan fingerprint density at radius 3 is 1.25 bits per heavy atom. The van der Waals surface area contributed by atoms with Crippen molar-refractivity contribution >= 4 is 5.91 Å². The van der Waals surface area contributed by atoms with Gasteiger partial charge in [-0.15, -0.1) is 0 Å². The first-order valence-electron chi connectivity index (χ1n) is 6.47. The number of hydrogen-bond acceptors (Lipinski definition) is 1. The number of unbranched alkanes of at least 4 members (excludes halogenated alkanes) is 7. The minimum atomic E-state index is -0.245. The maximum absolute atomic E-state index is 9.59. The van der Waals surface area contributed by atoms with E-state index in [1.807, 2.05) is 0 Å². The third-order valence-electron chi connectivity index (χ3n) is 2.31. The van der Waals surface area contributed by atoms with Crippen molar-refractivity contribution in [1.29, 1.82) is 0 Å². The molecule has 0 fully saturated rings. The van der Waals surface area contributed by atoms with Gasteiger partial charge in [-0.1, -0.05) is 72.1 Å². The van der Waals surface area contributed by atoms with Crippen LogP contribution in [0.2, 0.25) is 0 Å². The molecule has 0 aliphatic carbocycles. The Morgan fingerprint density at radius 2 is 1.06 bits per heavy atom. The number of hydrogen-bond donors (Lipinski definition) is 1. The van der Waals surface area contributed by atoms with E-state index in [0.717, 1.165) is 0 Å². The first-order chi connectivity index (χ1) is 7.18. The molecule has 0 heterocycles. The predicted octanol–water partition coefficient (Wildman–Crippen LogP) is 3.20. The van der Waals surface area contributed by atoms with E-state index in [1.165, 1.54) is 51.4 Å². The van der Waals surface area contributed by atoms with Gasteiger partial charge in [-0.3, -0.25) is 4.79 Å². The normalized spacial score (nSPS) is 8.69. The Balaban J connectivity index is -0.000000242. The number of primary amides is 1. The maximum Gasteiger partial charge on any atom is 0.217 e. The van der Waals surface area contributed by atoms with Gasteiger partial charge in [0.05, 0.1) is 0 Å². The van der Waals surface area contributed by atoms with Crippen LogP contribution < -0.4 is 5.73 Å². The minimum Gasteiger partial charge on any atom is -0.412 e. The van der Waals surface area contributed by atoms with Crippen LogP contribution in [-0.4, -0.2) is 11.4 Å². The van der Waals surface area contributed by atoms with Crippen LogP contribution in [0.25, 0.3) is 0 Å². The van der Waals surface area contributed by atoms with Crippen LogP contribution in [0.5, 0.6) is 0 Å². The molecule has 0 saturated heterocycles. The van der Waals surface area contributed by atoms with Gasteiger partial charge in [-0.2, -0.15) is 0 Å². The summed E-state index contributed by atoms with van der Waals surface area (Å²) in [5, 5.41) is 0. The zero-order chi connectivity index (χ0) is 11.9. The molecule has 0 radical (unpaired) electrons. The molecule has 0 atom stereocenters. The fourth-order valence-corrected chi connectivity index (χ4v) is 1.21. The van der Waals surface area contributed by atoms with Gasteiger partial charge in [0.1, 0.15) is 0 Å². The zero-order valence-corrected chi connectivity index (χ0v) is 11.3. The van der Waals surface area contributed by atoms with E-state index in [4.69, 9.17) is 0 Å². The molecule has 0 saturated carbocycles. The third kappa shape index (κ3) is 29.2. The second kappa shape index (κ2) is 19.9. The molecular formula is C13H31NO2. The van der Waals surface area contributed by atoms with E-state index >= 15 is 0 Å². The van der Waals surface area contributed by atoms with Gasteiger partial charge in [-0.25, -0.2) is 0 Å². The monoisotopic (exact) mass is 233 g/mol. The second-order valence-corrected chi connectivity index (χ2v) is 3.94. The van der Waals surface area contributed by atoms with Crippen LogP contribution in [0.4, 0.5) is 0 Å². The Hall–Kier alpha value is -0.570. The summed E-state index contributed by atoms with van der Waals surface area (Å²) in [5.41, 5.74) is 4.65. The lowest BCUT2D eigenvalue weighted by Crippen LogP contribution is -2.06. The largest absolute Gasteiger partial charge is 0.412 e. The second-order valence-electron chi connectivity index (χ2n) is 3.94. The fourth-order valence-electron chi connectivity index (χ4n) is 1.21. The van der Waals surface area contributed by atoms with Gasteiger partial charge < -0.3 is 11.2 Å². The third-order valence-corrected chi connectivity index (χ3v) is 2.31. The lowest BCUT2D eigenvalue weighted by molar-refractivity contribution is -0.117. The van der Waals surface area contributed by atoms with Gasteiger partial charge in [0.2, 0.25) is 5.91 Å². The molecule has 16 heavy (non-hydrogen) atoms. The molecule has 0 spiro atoms. The van der Waals surface area contributed by atoms with Crippen molar-refractivity contribution in [2.45, 2.75) is 78.6 Å². The summed E-state index contributed by atoms with van der Waals surface area (Å²) in [4.78, 5) is 9.59. The van der Waals surface area contributed by atoms with E-state index in [2.05, 4.69) is 19.6 Å². The van der Waals surface area contributed by atoms with Crippen molar-refractivity contribution in [3.63, 3.8) is 0 Å². The number of carbonyl (C=O) groups excluding carboxylic acids is 1. The summed E-state index contributed by atoms with van der Waals surface area (Å²) in [5.74, 6) is -0.245. The van der Waals surface area contributed by atoms with Crippen molar-refractivity contribution in [3.05, 3.63) is 0 Å². The molecule has 0 bridgehead atoms. The SMILES string of the molecule is CCC(N)=O.CCCCCCCCCC.O. The van der Waals surface area contributed by atoms with Crippen LogP contribution >= 0.6 is 0 Å². The van der Waals surface area contributed by atoms with Gasteiger partial charge in [0.25, 0.3) is 0 Å². The molecule has 0 aromatic rings. The molecular weight excluding hydrogens is 202 g/mol. The molecule has 0 aromatic heterocycles. The molecule has 100 valence electrons. The Morgan fingerprint density at radius 1 is 0.812 bits per heavy atom. The summed E-state index contributed by atoms with van der Waals surface area (Å²) in [7, 11) is 0. The summed E-state index contributed by atoms with van der Waals surface area (Å²) in [6.45, 7) is 6.26. The average molecular weight is 233 g/mol. The van der Waals surface area contributed by atoms with Crippen molar-refractivity contribution in [2.24, 2.45) is 5.73 Å². The highest BCUT2D eigenvalue weighted by Crippen LogP contribution is 2.07. The van der Waals surface area contributed by atoms with Crippen LogP contribution in [0.1, 0.15) is 78.6 Å². The summed E-state index contributed by atoms with van der Waals surface area (Å²) in [6.07, 6.45) is 11.9. The number of carbonyl (C=O) groups is 1. The van der Waals surface area contributed by atoms with E-state index in [-0.39, 0.29) is 11.4 Å². The minimum absolute atomic E-state index is 0. The van der Waals surface area contributed by atoms with Crippen LogP contribution in [0.3, 0.4) is 0 Å². The van der Waals surface area contributed by atoms with Gasteiger partial charge in [0.15, 0.2) is 0 Å². The Kier molecular flexibility index (Phi) is 25.9. The molecule has 1 amide bonds. The van der Waals surface area contributed by atoms with Crippen molar-refractivity contribution < 1.29 is 10.3 Å². The van der Waals surface area contributed by atoms with E-state index in [9.17, 15) is 4.79 Å². The quantitative estimate of drug-likeness (QED) is 0.642. The van der Waals surface area contributed by atoms with Crippen LogP contribution in [-0.2, 0) is 4.79 Å². The summed E-state index contributed by atoms with van der Waals surface area (Å²) >= 11 is 0. The molecule has 0 aromatic carbocycles. The Labute approximate surface area is 101 Å². The standard InChI is InChI=1S/C10H22.C3H7NO.H2O/c1-3-5-7-9-10-8-6-4-2;1-2-3(4)5;/h3-10H2,1-2H3;2H2,1H3,(H2,4,5);1H2. The smallest absolute Gasteiger partial charge is 0.217 e. The van der Waals surface area contributed by atoms with Crippen LogP contribution in [0.15, 0.2) is 0 Å². The average Bonchev–Trinajstić information content (AvgIpc) is 2.24. The lowest BCUT2D eigenvalue weighted by atomic mass is 10.1. The van der Waals surface area contributed by atoms with Crippen LogP contribution in [0, 0.1) is 0 Å². The zero-order valence-electron chi connectivity index (χ0n) is 11.3. The van der Waals surface area contributed by atoms with E-state index < -0.39 is 0 Å². The van der Waals surface area contributed by atoms with Crippen molar-refractivity contribution in [1.82, 2.24) is 0 Å². The van der Waals surface area contributed by atoms with Crippen molar-refractivity contribution in [3.8, 4) is 0 Å². The topological polar surface area (TPSA) is 74.6 Å². The molecule has 0 rings (SSSR count). The van der Waals surface area contributed by atoms with E-state index in [1.54, 1.807) is 6.92 Å². The highest BCUT2D eigenvalue weighted by molar-refractivity contribution is 5.73. The first-order valence-corrected chi connectivity index (χ1v) is 6.47. The number of nitrogens with two attached hydrogens (primary N) is 1. The molecule has 4 N–H and O–H groups in total. The highest BCUT2D eigenvalue weighted by Gasteiger charge is 1.87. The summed E-state index contributed by atoms with van der Waals surface area (Å²) < 4.78 is 0. The molecule has 3 nitrogen and oxygen atoms in total.